The van der Waals surface area contributed by atoms with Gasteiger partial charge < -0.3 is 0 Å². The molecule has 0 spiro atoms. The highest BCUT2D eigenvalue weighted by Crippen LogP contribution is 2.27. The number of thioether (sulfide) groups is 1. The molecule has 0 N–H and O–H groups in total. The van der Waals surface area contributed by atoms with Gasteiger partial charge in [0.2, 0.25) is 0 Å². The highest BCUT2D eigenvalue weighted by Gasteiger charge is 2.03. The Bertz CT molecular complexity index is 462. The van der Waals surface area contributed by atoms with Gasteiger partial charge in [0.05, 0.1) is 0 Å². The third kappa shape index (κ3) is 2.60. The van der Waals surface area contributed by atoms with Crippen LogP contribution in [0.1, 0.15) is 5.56 Å². The summed E-state index contributed by atoms with van der Waals surface area (Å²) < 4.78 is 0. The number of benzene rings is 2. The van der Waals surface area contributed by atoms with E-state index < -0.39 is 0 Å². The van der Waals surface area contributed by atoms with Gasteiger partial charge in [0.1, 0.15) is 0 Å². The van der Waals surface area contributed by atoms with Crippen molar-refractivity contribution in [3.8, 4) is 11.1 Å². The molecule has 82 valence electrons. The lowest BCUT2D eigenvalue weighted by molar-refractivity contribution is 1.41. The van der Waals surface area contributed by atoms with Crippen LogP contribution in [-0.2, 0) is 5.75 Å². The molecule has 0 saturated heterocycles. The molecule has 2 aromatic rings. The van der Waals surface area contributed by atoms with Crippen LogP contribution in [0.5, 0.6) is 0 Å². The van der Waals surface area contributed by atoms with Crippen molar-refractivity contribution in [2.24, 2.45) is 0 Å². The van der Waals surface area contributed by atoms with Crippen LogP contribution in [-0.4, -0.2) is 6.26 Å². The average Bonchev–Trinajstić information content (AvgIpc) is 2.32. The molecule has 0 aliphatic carbocycles. The minimum absolute atomic E-state index is 0.783. The van der Waals surface area contributed by atoms with Gasteiger partial charge >= 0.3 is 0 Å². The van der Waals surface area contributed by atoms with E-state index in [1.165, 1.54) is 16.7 Å². The molecule has 0 heterocycles. The zero-order chi connectivity index (χ0) is 11.4. The summed E-state index contributed by atoms with van der Waals surface area (Å²) in [6.45, 7) is 0. The molecule has 0 amide bonds. The molecule has 0 aliphatic rings. The second-order valence-electron chi connectivity index (χ2n) is 3.60. The van der Waals surface area contributed by atoms with Gasteiger partial charge in [0.25, 0.3) is 0 Å². The molecule has 0 saturated carbocycles. The van der Waals surface area contributed by atoms with Gasteiger partial charge in [-0.1, -0.05) is 48.0 Å². The van der Waals surface area contributed by atoms with Gasteiger partial charge in [-0.2, -0.15) is 11.8 Å². The second kappa shape index (κ2) is 5.42. The lowest BCUT2D eigenvalue weighted by atomic mass is 10.0. The van der Waals surface area contributed by atoms with Crippen LogP contribution >= 0.6 is 23.4 Å². The number of hydrogen-bond acceptors (Lipinski definition) is 1. The Morgan fingerprint density at radius 3 is 2.38 bits per heavy atom. The normalized spacial score (nSPS) is 10.4. The van der Waals surface area contributed by atoms with Crippen molar-refractivity contribution in [1.29, 1.82) is 0 Å². The van der Waals surface area contributed by atoms with E-state index in [0.29, 0.717) is 0 Å². The summed E-state index contributed by atoms with van der Waals surface area (Å²) in [6, 6.07) is 16.5. The maximum atomic E-state index is 5.90. The van der Waals surface area contributed by atoms with Crippen molar-refractivity contribution in [2.45, 2.75) is 5.75 Å². The number of hydrogen-bond donors (Lipinski definition) is 0. The topological polar surface area (TPSA) is 0 Å². The van der Waals surface area contributed by atoms with E-state index in [4.69, 9.17) is 11.6 Å². The smallest absolute Gasteiger partial charge is 0.0406 e. The van der Waals surface area contributed by atoms with E-state index in [1.54, 1.807) is 0 Å². The molecule has 16 heavy (non-hydrogen) atoms. The first kappa shape index (κ1) is 11.6. The van der Waals surface area contributed by atoms with E-state index in [9.17, 15) is 0 Å². The molecular weight excluding hydrogens is 236 g/mol. The predicted octanol–water partition coefficient (Wildman–Crippen LogP) is 4.87. The summed E-state index contributed by atoms with van der Waals surface area (Å²) in [4.78, 5) is 0. The largest absolute Gasteiger partial charge is 0.161 e. The van der Waals surface area contributed by atoms with Crippen LogP contribution in [0.2, 0.25) is 5.02 Å². The number of rotatable bonds is 3. The van der Waals surface area contributed by atoms with Gasteiger partial charge in [-0.15, -0.1) is 0 Å². The van der Waals surface area contributed by atoms with Gasteiger partial charge in [-0.3, -0.25) is 0 Å². The van der Waals surface area contributed by atoms with Gasteiger partial charge in [-0.05, 0) is 35.1 Å². The Hall–Kier alpha value is -0.920. The fraction of sp³-hybridized carbons (Fsp3) is 0.143. The molecule has 0 nitrogen and oxygen atoms in total. The minimum atomic E-state index is 0.783. The SMILES string of the molecule is CSCc1ccccc1-c1ccc(Cl)cc1. The quantitative estimate of drug-likeness (QED) is 0.747. The van der Waals surface area contributed by atoms with Gasteiger partial charge in [0, 0.05) is 10.8 Å². The first-order chi connectivity index (χ1) is 7.81. The van der Waals surface area contributed by atoms with Crippen molar-refractivity contribution < 1.29 is 0 Å². The molecule has 2 aromatic carbocycles. The van der Waals surface area contributed by atoms with E-state index in [2.05, 4.69) is 42.7 Å². The van der Waals surface area contributed by atoms with Crippen molar-refractivity contribution >= 4 is 23.4 Å². The third-order valence-electron chi connectivity index (χ3n) is 2.47. The lowest BCUT2D eigenvalue weighted by Gasteiger charge is -2.08. The van der Waals surface area contributed by atoms with Crippen LogP contribution in [0.3, 0.4) is 0 Å². The van der Waals surface area contributed by atoms with Crippen LogP contribution in [0, 0.1) is 0 Å². The van der Waals surface area contributed by atoms with E-state index in [1.807, 2.05) is 23.9 Å². The van der Waals surface area contributed by atoms with E-state index in [-0.39, 0.29) is 0 Å². The Labute approximate surface area is 106 Å². The third-order valence-corrected chi connectivity index (χ3v) is 3.32. The Kier molecular flexibility index (Phi) is 3.92. The van der Waals surface area contributed by atoms with Gasteiger partial charge in [-0.25, -0.2) is 0 Å². The molecule has 0 bridgehead atoms. The second-order valence-corrected chi connectivity index (χ2v) is 4.90. The Morgan fingerprint density at radius 2 is 1.69 bits per heavy atom. The molecular formula is C14H13ClS. The molecule has 0 aromatic heterocycles. The Balaban J connectivity index is 2.42. The summed E-state index contributed by atoms with van der Waals surface area (Å²) in [5.74, 6) is 1.04. The summed E-state index contributed by atoms with van der Waals surface area (Å²) in [7, 11) is 0. The molecule has 2 rings (SSSR count). The average molecular weight is 249 g/mol. The molecule has 0 radical (unpaired) electrons. The summed E-state index contributed by atoms with van der Waals surface area (Å²) >= 11 is 7.74. The first-order valence-corrected chi connectivity index (χ1v) is 6.91. The van der Waals surface area contributed by atoms with Crippen molar-refractivity contribution in [1.82, 2.24) is 0 Å². The van der Waals surface area contributed by atoms with Crippen molar-refractivity contribution in [3.63, 3.8) is 0 Å². The van der Waals surface area contributed by atoms with Crippen LogP contribution in [0.25, 0.3) is 11.1 Å². The van der Waals surface area contributed by atoms with Gasteiger partial charge in [0.15, 0.2) is 0 Å². The first-order valence-electron chi connectivity index (χ1n) is 5.14. The summed E-state index contributed by atoms with van der Waals surface area (Å²) in [5, 5.41) is 0.783. The summed E-state index contributed by atoms with van der Waals surface area (Å²) in [5.41, 5.74) is 3.90. The maximum Gasteiger partial charge on any atom is 0.0406 e. The molecule has 2 heteroatoms. The predicted molar refractivity (Wildman–Crippen MR) is 74.1 cm³/mol. The molecule has 0 fully saturated rings. The van der Waals surface area contributed by atoms with E-state index in [0.717, 1.165) is 10.8 Å². The highest BCUT2D eigenvalue weighted by atomic mass is 35.5. The summed E-state index contributed by atoms with van der Waals surface area (Å²) in [6.07, 6.45) is 2.12. The van der Waals surface area contributed by atoms with Crippen molar-refractivity contribution in [2.75, 3.05) is 6.26 Å². The molecule has 0 aliphatic heterocycles. The molecule has 0 atom stereocenters. The fourth-order valence-electron chi connectivity index (χ4n) is 1.71. The standard InChI is InChI=1S/C14H13ClS/c1-16-10-12-4-2-3-5-14(12)11-6-8-13(15)9-7-11/h2-9H,10H2,1H3. The van der Waals surface area contributed by atoms with E-state index >= 15 is 0 Å². The highest BCUT2D eigenvalue weighted by molar-refractivity contribution is 7.97. The number of halogens is 1. The van der Waals surface area contributed by atoms with Crippen LogP contribution < -0.4 is 0 Å². The lowest BCUT2D eigenvalue weighted by Crippen LogP contribution is -1.86. The zero-order valence-corrected chi connectivity index (χ0v) is 10.7. The molecule has 0 unspecified atom stereocenters. The maximum absolute atomic E-state index is 5.90. The minimum Gasteiger partial charge on any atom is -0.161 e. The van der Waals surface area contributed by atoms with Crippen LogP contribution in [0.4, 0.5) is 0 Å². The zero-order valence-electron chi connectivity index (χ0n) is 9.11. The van der Waals surface area contributed by atoms with Crippen molar-refractivity contribution in [3.05, 3.63) is 59.1 Å². The van der Waals surface area contributed by atoms with Crippen LogP contribution in [0.15, 0.2) is 48.5 Å². The fourth-order valence-corrected chi connectivity index (χ4v) is 2.40. The Morgan fingerprint density at radius 1 is 1.00 bits per heavy atom. The monoisotopic (exact) mass is 248 g/mol.